The molecule has 0 aliphatic carbocycles. The van der Waals surface area contributed by atoms with Gasteiger partial charge >= 0.3 is 0 Å². The molecule has 2 N–H and O–H groups in total. The maximum absolute atomic E-state index is 12.2. The number of rotatable bonds is 7. The first kappa shape index (κ1) is 19.3. The highest BCUT2D eigenvalue weighted by Crippen LogP contribution is 2.24. The molecule has 0 saturated carbocycles. The molecule has 27 heavy (non-hydrogen) atoms. The van der Waals surface area contributed by atoms with Crippen molar-refractivity contribution in [2.24, 2.45) is 5.92 Å². The van der Waals surface area contributed by atoms with Gasteiger partial charge in [-0.15, -0.1) is 0 Å². The largest absolute Gasteiger partial charge is 0.385 e. The van der Waals surface area contributed by atoms with Gasteiger partial charge in [-0.05, 0) is 61.1 Å². The molecule has 0 radical (unpaired) electrons. The Balaban J connectivity index is 1.44. The number of carbonyl (C=O) groups is 1. The van der Waals surface area contributed by atoms with E-state index in [-0.39, 0.29) is 5.91 Å². The van der Waals surface area contributed by atoms with Crippen molar-refractivity contribution in [2.45, 2.75) is 39.5 Å². The van der Waals surface area contributed by atoms with Gasteiger partial charge in [0.1, 0.15) is 0 Å². The van der Waals surface area contributed by atoms with Crippen LogP contribution in [-0.4, -0.2) is 25.5 Å². The Kier molecular flexibility index (Phi) is 6.74. The van der Waals surface area contributed by atoms with Gasteiger partial charge in [-0.1, -0.05) is 32.0 Å². The van der Waals surface area contributed by atoms with Crippen molar-refractivity contribution in [2.75, 3.05) is 35.2 Å². The van der Waals surface area contributed by atoms with E-state index in [9.17, 15) is 4.79 Å². The number of anilines is 3. The number of para-hydroxylation sites is 1. The van der Waals surface area contributed by atoms with Gasteiger partial charge in [-0.3, -0.25) is 4.79 Å². The average Bonchev–Trinajstić information content (AvgIpc) is 2.69. The zero-order chi connectivity index (χ0) is 19.1. The molecule has 0 atom stereocenters. The minimum absolute atomic E-state index is 0.0439. The summed E-state index contributed by atoms with van der Waals surface area (Å²) in [4.78, 5) is 14.7. The van der Waals surface area contributed by atoms with Crippen LogP contribution in [0.4, 0.5) is 17.1 Å². The second kappa shape index (κ2) is 9.45. The number of aryl methyl sites for hydroxylation is 1. The SMILES string of the molecule is CCc1ccccc1NC(=O)CCNc1ccc(N2CCC(C)CC2)cc1. The van der Waals surface area contributed by atoms with Gasteiger partial charge in [0.15, 0.2) is 0 Å². The van der Waals surface area contributed by atoms with Crippen LogP contribution in [0.3, 0.4) is 0 Å². The lowest BCUT2D eigenvalue weighted by Gasteiger charge is -2.32. The molecule has 2 aromatic rings. The number of benzene rings is 2. The number of hydrogen-bond donors (Lipinski definition) is 2. The van der Waals surface area contributed by atoms with Gasteiger partial charge in [0, 0.05) is 43.1 Å². The fourth-order valence-electron chi connectivity index (χ4n) is 3.54. The first-order valence-corrected chi connectivity index (χ1v) is 10.1. The molecule has 1 amide bonds. The predicted octanol–water partition coefficient (Wildman–Crippen LogP) is 4.93. The summed E-state index contributed by atoms with van der Waals surface area (Å²) in [7, 11) is 0. The van der Waals surface area contributed by atoms with E-state index in [4.69, 9.17) is 0 Å². The monoisotopic (exact) mass is 365 g/mol. The number of carbonyl (C=O) groups excluding carboxylic acids is 1. The highest BCUT2D eigenvalue weighted by atomic mass is 16.1. The Labute approximate surface area is 163 Å². The van der Waals surface area contributed by atoms with E-state index in [1.807, 2.05) is 18.2 Å². The Hall–Kier alpha value is -2.49. The van der Waals surface area contributed by atoms with Crippen LogP contribution in [0, 0.1) is 5.92 Å². The summed E-state index contributed by atoms with van der Waals surface area (Å²) in [5.74, 6) is 0.889. The fourth-order valence-corrected chi connectivity index (χ4v) is 3.54. The van der Waals surface area contributed by atoms with Crippen molar-refractivity contribution in [1.29, 1.82) is 0 Å². The summed E-state index contributed by atoms with van der Waals surface area (Å²) < 4.78 is 0. The van der Waals surface area contributed by atoms with Crippen molar-refractivity contribution in [1.82, 2.24) is 0 Å². The lowest BCUT2D eigenvalue weighted by atomic mass is 9.99. The first-order valence-electron chi connectivity index (χ1n) is 10.1. The number of piperidine rings is 1. The molecule has 4 heteroatoms. The van der Waals surface area contributed by atoms with E-state index in [0.29, 0.717) is 13.0 Å². The molecule has 0 spiro atoms. The van der Waals surface area contributed by atoms with Gasteiger partial charge < -0.3 is 15.5 Å². The van der Waals surface area contributed by atoms with Gasteiger partial charge in [0.2, 0.25) is 5.91 Å². The van der Waals surface area contributed by atoms with Crippen LogP contribution in [0.25, 0.3) is 0 Å². The van der Waals surface area contributed by atoms with Gasteiger partial charge in [-0.2, -0.15) is 0 Å². The third kappa shape index (κ3) is 5.49. The van der Waals surface area contributed by atoms with E-state index >= 15 is 0 Å². The Morgan fingerprint density at radius 1 is 1.07 bits per heavy atom. The fraction of sp³-hybridized carbons (Fsp3) is 0.435. The third-order valence-electron chi connectivity index (χ3n) is 5.37. The zero-order valence-electron chi connectivity index (χ0n) is 16.5. The van der Waals surface area contributed by atoms with Crippen LogP contribution in [0.1, 0.15) is 38.7 Å². The summed E-state index contributed by atoms with van der Waals surface area (Å²) in [6.07, 6.45) is 3.91. The molecule has 3 rings (SSSR count). The van der Waals surface area contributed by atoms with E-state index in [0.717, 1.165) is 36.8 Å². The molecule has 1 aliphatic heterocycles. The minimum atomic E-state index is 0.0439. The van der Waals surface area contributed by atoms with Gasteiger partial charge in [-0.25, -0.2) is 0 Å². The molecule has 4 nitrogen and oxygen atoms in total. The Morgan fingerprint density at radius 2 is 1.78 bits per heavy atom. The van der Waals surface area contributed by atoms with E-state index in [1.54, 1.807) is 0 Å². The summed E-state index contributed by atoms with van der Waals surface area (Å²) in [6.45, 7) is 7.35. The molecular weight excluding hydrogens is 334 g/mol. The molecule has 0 unspecified atom stereocenters. The second-order valence-electron chi connectivity index (χ2n) is 7.45. The van der Waals surface area contributed by atoms with Crippen molar-refractivity contribution >= 4 is 23.0 Å². The van der Waals surface area contributed by atoms with Crippen molar-refractivity contribution in [3.05, 3.63) is 54.1 Å². The maximum Gasteiger partial charge on any atom is 0.226 e. The molecule has 1 heterocycles. The van der Waals surface area contributed by atoms with E-state index in [1.165, 1.54) is 24.1 Å². The maximum atomic E-state index is 12.2. The quantitative estimate of drug-likeness (QED) is 0.731. The smallest absolute Gasteiger partial charge is 0.226 e. The lowest BCUT2D eigenvalue weighted by Crippen LogP contribution is -2.32. The first-order chi connectivity index (χ1) is 13.2. The molecule has 2 aromatic carbocycles. The van der Waals surface area contributed by atoms with E-state index in [2.05, 4.69) is 59.7 Å². The second-order valence-corrected chi connectivity index (χ2v) is 7.45. The van der Waals surface area contributed by atoms with Crippen LogP contribution in [0.2, 0.25) is 0 Å². The van der Waals surface area contributed by atoms with Gasteiger partial charge in [0.25, 0.3) is 0 Å². The topological polar surface area (TPSA) is 44.4 Å². The Morgan fingerprint density at radius 3 is 2.48 bits per heavy atom. The number of nitrogens with zero attached hydrogens (tertiary/aromatic N) is 1. The lowest BCUT2D eigenvalue weighted by molar-refractivity contribution is -0.115. The average molecular weight is 366 g/mol. The van der Waals surface area contributed by atoms with Crippen molar-refractivity contribution in [3.8, 4) is 0 Å². The summed E-state index contributed by atoms with van der Waals surface area (Å²) >= 11 is 0. The number of nitrogens with one attached hydrogen (secondary N) is 2. The highest BCUT2D eigenvalue weighted by molar-refractivity contribution is 5.91. The van der Waals surface area contributed by atoms with Gasteiger partial charge in [0.05, 0.1) is 0 Å². The van der Waals surface area contributed by atoms with E-state index < -0.39 is 0 Å². The molecule has 0 bridgehead atoms. The highest BCUT2D eigenvalue weighted by Gasteiger charge is 2.15. The predicted molar refractivity (Wildman–Crippen MR) is 115 cm³/mol. The standard InChI is InChI=1S/C23H31N3O/c1-3-19-6-4-5-7-22(19)25-23(27)12-15-24-20-8-10-21(11-9-20)26-16-13-18(2)14-17-26/h4-11,18,24H,3,12-17H2,1-2H3,(H,25,27). The molecule has 1 saturated heterocycles. The van der Waals surface area contributed by atoms with Crippen LogP contribution < -0.4 is 15.5 Å². The Bertz CT molecular complexity index is 734. The summed E-state index contributed by atoms with van der Waals surface area (Å²) in [5.41, 5.74) is 4.44. The minimum Gasteiger partial charge on any atom is -0.385 e. The van der Waals surface area contributed by atoms with Crippen LogP contribution in [0.5, 0.6) is 0 Å². The van der Waals surface area contributed by atoms with Crippen molar-refractivity contribution < 1.29 is 4.79 Å². The summed E-state index contributed by atoms with van der Waals surface area (Å²) in [6, 6.07) is 16.5. The molecule has 1 aliphatic rings. The molecule has 144 valence electrons. The molecule has 1 fully saturated rings. The van der Waals surface area contributed by atoms with Crippen molar-refractivity contribution in [3.63, 3.8) is 0 Å². The molecule has 0 aromatic heterocycles. The number of amides is 1. The van der Waals surface area contributed by atoms with Crippen LogP contribution >= 0.6 is 0 Å². The van der Waals surface area contributed by atoms with Crippen LogP contribution in [-0.2, 0) is 11.2 Å². The summed E-state index contributed by atoms with van der Waals surface area (Å²) in [5, 5.41) is 6.37. The third-order valence-corrected chi connectivity index (χ3v) is 5.37. The normalized spacial score (nSPS) is 14.8. The number of hydrogen-bond acceptors (Lipinski definition) is 3. The van der Waals surface area contributed by atoms with Crippen LogP contribution in [0.15, 0.2) is 48.5 Å². The molecular formula is C23H31N3O. The zero-order valence-corrected chi connectivity index (χ0v) is 16.5.